The van der Waals surface area contributed by atoms with Crippen molar-refractivity contribution in [2.24, 2.45) is 5.73 Å². The van der Waals surface area contributed by atoms with Crippen molar-refractivity contribution in [3.05, 3.63) is 28.8 Å². The van der Waals surface area contributed by atoms with Crippen molar-refractivity contribution in [1.82, 2.24) is 9.55 Å². The fourth-order valence-electron chi connectivity index (χ4n) is 1.57. The lowest BCUT2D eigenvalue weighted by atomic mass is 10.3. The summed E-state index contributed by atoms with van der Waals surface area (Å²) in [6.45, 7) is 0.359. The van der Waals surface area contributed by atoms with Crippen LogP contribution in [0.5, 0.6) is 0 Å². The average molecular weight is 239 g/mol. The van der Waals surface area contributed by atoms with Gasteiger partial charge >= 0.3 is 0 Å². The first kappa shape index (κ1) is 10.8. The summed E-state index contributed by atoms with van der Waals surface area (Å²) in [6, 6.07) is 4.34. The number of primary amides is 1. The van der Waals surface area contributed by atoms with Gasteiger partial charge in [0.25, 0.3) is 0 Å². The van der Waals surface area contributed by atoms with Crippen molar-refractivity contribution in [3.63, 3.8) is 0 Å². The van der Waals surface area contributed by atoms with Crippen LogP contribution in [0.15, 0.2) is 18.2 Å². The number of aryl methyl sites for hydroxylation is 1. The summed E-state index contributed by atoms with van der Waals surface area (Å²) < 4.78 is 15.2. The maximum atomic E-state index is 13.1. The van der Waals surface area contributed by atoms with Gasteiger partial charge < -0.3 is 15.3 Å². The van der Waals surface area contributed by atoms with Gasteiger partial charge in [0.05, 0.1) is 11.0 Å². The van der Waals surface area contributed by atoms with Gasteiger partial charge in [-0.3, -0.25) is 4.79 Å². The van der Waals surface area contributed by atoms with E-state index in [0.29, 0.717) is 16.8 Å². The van der Waals surface area contributed by atoms with Gasteiger partial charge in [0.15, 0.2) is 4.77 Å². The molecule has 3 N–H and O–H groups in total. The van der Waals surface area contributed by atoms with Crippen LogP contribution in [-0.2, 0) is 11.3 Å². The van der Waals surface area contributed by atoms with Gasteiger partial charge in [-0.25, -0.2) is 4.39 Å². The molecule has 0 radical (unpaired) electrons. The summed E-state index contributed by atoms with van der Waals surface area (Å²) in [5, 5.41) is 0. The first-order valence-corrected chi connectivity index (χ1v) is 5.15. The van der Waals surface area contributed by atoms with E-state index in [2.05, 4.69) is 4.98 Å². The molecule has 0 aliphatic carbocycles. The van der Waals surface area contributed by atoms with Crippen LogP contribution in [0.4, 0.5) is 4.39 Å². The van der Waals surface area contributed by atoms with E-state index in [9.17, 15) is 9.18 Å². The molecule has 0 saturated carbocycles. The van der Waals surface area contributed by atoms with Gasteiger partial charge in [-0.2, -0.15) is 0 Å². The largest absolute Gasteiger partial charge is 0.370 e. The van der Waals surface area contributed by atoms with Crippen LogP contribution in [0, 0.1) is 10.6 Å². The molecule has 0 aliphatic rings. The van der Waals surface area contributed by atoms with E-state index >= 15 is 0 Å². The van der Waals surface area contributed by atoms with Gasteiger partial charge in [0.1, 0.15) is 5.82 Å². The number of halogens is 1. The van der Waals surface area contributed by atoms with Crippen LogP contribution in [0.25, 0.3) is 11.0 Å². The normalized spacial score (nSPS) is 10.8. The molecule has 1 heterocycles. The van der Waals surface area contributed by atoms with Crippen molar-refractivity contribution in [1.29, 1.82) is 0 Å². The monoisotopic (exact) mass is 239 g/mol. The summed E-state index contributed by atoms with van der Waals surface area (Å²) in [5.74, 6) is -0.748. The minimum Gasteiger partial charge on any atom is -0.370 e. The molecule has 6 heteroatoms. The first-order chi connectivity index (χ1) is 7.58. The maximum absolute atomic E-state index is 13.1. The quantitative estimate of drug-likeness (QED) is 0.801. The molecule has 0 spiro atoms. The number of nitrogens with zero attached hydrogens (tertiary/aromatic N) is 1. The zero-order valence-electron chi connectivity index (χ0n) is 8.37. The lowest BCUT2D eigenvalue weighted by molar-refractivity contribution is -0.118. The Hall–Kier alpha value is -1.69. The number of imidazole rings is 1. The standard InChI is InChI=1S/C10H10FN3OS/c11-6-1-2-7-8(5-6)14(10(16)13-7)4-3-9(12)15/h1-2,5H,3-4H2,(H2,12,15)(H,13,16). The summed E-state index contributed by atoms with van der Waals surface area (Å²) in [7, 11) is 0. The predicted molar refractivity (Wildman–Crippen MR) is 60.9 cm³/mol. The van der Waals surface area contributed by atoms with Crippen molar-refractivity contribution >= 4 is 29.2 Å². The van der Waals surface area contributed by atoms with Crippen LogP contribution in [-0.4, -0.2) is 15.5 Å². The molecule has 0 saturated heterocycles. The molecule has 0 atom stereocenters. The minimum atomic E-state index is -0.410. The molecular formula is C10H10FN3OS. The second-order valence-corrected chi connectivity index (χ2v) is 3.85. The van der Waals surface area contributed by atoms with E-state index in [0.717, 1.165) is 5.52 Å². The Kier molecular flexibility index (Phi) is 2.74. The molecule has 16 heavy (non-hydrogen) atoms. The molecule has 1 aromatic carbocycles. The number of hydrogen-bond donors (Lipinski definition) is 2. The molecular weight excluding hydrogens is 229 g/mol. The molecule has 1 aromatic heterocycles. The highest BCUT2D eigenvalue weighted by molar-refractivity contribution is 7.71. The number of aromatic nitrogens is 2. The highest BCUT2D eigenvalue weighted by atomic mass is 32.1. The number of benzene rings is 1. The third-order valence-corrected chi connectivity index (χ3v) is 2.64. The van der Waals surface area contributed by atoms with Gasteiger partial charge in [-0.15, -0.1) is 0 Å². The van der Waals surface area contributed by atoms with Crippen LogP contribution < -0.4 is 5.73 Å². The van der Waals surface area contributed by atoms with Gasteiger partial charge in [0, 0.05) is 13.0 Å². The Balaban J connectivity index is 2.50. The van der Waals surface area contributed by atoms with E-state index in [1.54, 1.807) is 10.6 Å². The van der Waals surface area contributed by atoms with Gasteiger partial charge in [0.2, 0.25) is 5.91 Å². The van der Waals surface area contributed by atoms with Crippen molar-refractivity contribution in [2.45, 2.75) is 13.0 Å². The Morgan fingerprint density at radius 2 is 2.31 bits per heavy atom. The molecule has 2 aromatic rings. The zero-order chi connectivity index (χ0) is 11.7. The second-order valence-electron chi connectivity index (χ2n) is 3.46. The molecule has 1 amide bonds. The van der Waals surface area contributed by atoms with Gasteiger partial charge in [-0.05, 0) is 30.4 Å². The number of fused-ring (bicyclic) bond motifs is 1. The van der Waals surface area contributed by atoms with E-state index < -0.39 is 5.91 Å². The lowest BCUT2D eigenvalue weighted by Gasteiger charge is -2.01. The summed E-state index contributed by atoms with van der Waals surface area (Å²) in [5.41, 5.74) is 6.45. The van der Waals surface area contributed by atoms with E-state index in [1.807, 2.05) is 0 Å². The average Bonchev–Trinajstić information content (AvgIpc) is 2.51. The van der Waals surface area contributed by atoms with Crippen LogP contribution in [0.2, 0.25) is 0 Å². The number of nitrogens with two attached hydrogens (primary N) is 1. The SMILES string of the molecule is NC(=O)CCn1c(=S)[nH]c2ccc(F)cc21. The Morgan fingerprint density at radius 3 is 3.00 bits per heavy atom. The third kappa shape index (κ3) is 1.96. The van der Waals surface area contributed by atoms with Crippen LogP contribution >= 0.6 is 12.2 Å². The molecule has 0 bridgehead atoms. The number of aromatic amines is 1. The van der Waals surface area contributed by atoms with E-state index in [1.165, 1.54) is 12.1 Å². The van der Waals surface area contributed by atoms with E-state index in [4.69, 9.17) is 18.0 Å². The Bertz CT molecular complexity index is 602. The Labute approximate surface area is 95.9 Å². The fraction of sp³-hybridized carbons (Fsp3) is 0.200. The number of H-pyrrole nitrogens is 1. The van der Waals surface area contributed by atoms with Crippen LogP contribution in [0.1, 0.15) is 6.42 Å². The van der Waals surface area contributed by atoms with Crippen molar-refractivity contribution in [2.75, 3.05) is 0 Å². The molecule has 84 valence electrons. The Morgan fingerprint density at radius 1 is 1.56 bits per heavy atom. The summed E-state index contributed by atoms with van der Waals surface area (Å²) >= 11 is 5.08. The van der Waals surface area contributed by atoms with Crippen LogP contribution in [0.3, 0.4) is 0 Å². The van der Waals surface area contributed by atoms with Gasteiger partial charge in [-0.1, -0.05) is 0 Å². The first-order valence-electron chi connectivity index (χ1n) is 4.74. The van der Waals surface area contributed by atoms with Crippen molar-refractivity contribution < 1.29 is 9.18 Å². The molecule has 0 aliphatic heterocycles. The minimum absolute atomic E-state index is 0.178. The molecule has 4 nitrogen and oxygen atoms in total. The highest BCUT2D eigenvalue weighted by Crippen LogP contribution is 2.15. The lowest BCUT2D eigenvalue weighted by Crippen LogP contribution is -2.13. The molecule has 0 fully saturated rings. The summed E-state index contributed by atoms with van der Waals surface area (Å²) in [4.78, 5) is 13.6. The summed E-state index contributed by atoms with van der Waals surface area (Å²) in [6.07, 6.45) is 0.178. The fourth-order valence-corrected chi connectivity index (χ4v) is 1.87. The predicted octanol–water partition coefficient (Wildman–Crippen LogP) is 1.71. The third-order valence-electron chi connectivity index (χ3n) is 2.32. The smallest absolute Gasteiger partial charge is 0.219 e. The number of carbonyl (C=O) groups excluding carboxylic acids is 1. The molecule has 0 unspecified atom stereocenters. The van der Waals surface area contributed by atoms with Crippen molar-refractivity contribution in [3.8, 4) is 0 Å². The zero-order valence-corrected chi connectivity index (χ0v) is 9.18. The maximum Gasteiger partial charge on any atom is 0.219 e. The number of amides is 1. The number of carbonyl (C=O) groups is 1. The van der Waals surface area contributed by atoms with E-state index in [-0.39, 0.29) is 12.2 Å². The number of hydrogen-bond acceptors (Lipinski definition) is 2. The number of nitrogens with one attached hydrogen (secondary N) is 1. The second kappa shape index (κ2) is 4.05. The topological polar surface area (TPSA) is 63.8 Å². The number of rotatable bonds is 3. The highest BCUT2D eigenvalue weighted by Gasteiger charge is 2.06. The molecule has 2 rings (SSSR count).